The summed E-state index contributed by atoms with van der Waals surface area (Å²) >= 11 is 17.7. The van der Waals surface area contributed by atoms with Crippen molar-refractivity contribution in [1.82, 2.24) is 4.98 Å². The Morgan fingerprint density at radius 3 is 2.53 bits per heavy atom. The van der Waals surface area contributed by atoms with Crippen LogP contribution >= 0.6 is 34.8 Å². The summed E-state index contributed by atoms with van der Waals surface area (Å²) in [6.07, 6.45) is 1.52. The molecule has 2 aromatic rings. The van der Waals surface area contributed by atoms with Crippen LogP contribution in [0.5, 0.6) is 11.6 Å². The van der Waals surface area contributed by atoms with Gasteiger partial charge in [0.1, 0.15) is 5.75 Å². The van der Waals surface area contributed by atoms with E-state index in [1.807, 2.05) is 0 Å². The Bertz CT molecular complexity index is 644. The highest BCUT2D eigenvalue weighted by Crippen LogP contribution is 2.36. The number of pyridine rings is 1. The summed E-state index contributed by atoms with van der Waals surface area (Å²) in [5.41, 5.74) is 0.365. The van der Waals surface area contributed by atoms with Gasteiger partial charge in [-0.2, -0.15) is 0 Å². The second-order valence-electron chi connectivity index (χ2n) is 3.71. The first kappa shape index (κ1) is 14.1. The van der Waals surface area contributed by atoms with Crippen LogP contribution in [0.4, 0.5) is 0 Å². The van der Waals surface area contributed by atoms with E-state index in [9.17, 15) is 4.79 Å². The summed E-state index contributed by atoms with van der Waals surface area (Å²) < 4.78 is 5.53. The van der Waals surface area contributed by atoms with E-state index in [0.717, 1.165) is 0 Å². The third-order valence-corrected chi connectivity index (χ3v) is 3.35. The predicted molar refractivity (Wildman–Crippen MR) is 75.8 cm³/mol. The largest absolute Gasteiger partial charge is 0.437 e. The van der Waals surface area contributed by atoms with Crippen molar-refractivity contribution >= 4 is 40.6 Å². The first-order valence-corrected chi connectivity index (χ1v) is 6.41. The predicted octanol–water partition coefficient (Wildman–Crippen LogP) is 5.04. The van der Waals surface area contributed by atoms with Crippen molar-refractivity contribution in [3.63, 3.8) is 0 Å². The minimum atomic E-state index is -0.153. The highest BCUT2D eigenvalue weighted by Gasteiger charge is 2.13. The molecule has 0 N–H and O–H groups in total. The Morgan fingerprint density at radius 1 is 1.16 bits per heavy atom. The maximum Gasteiger partial charge on any atom is 0.230 e. The third kappa shape index (κ3) is 3.18. The number of aromatic nitrogens is 1. The van der Waals surface area contributed by atoms with E-state index in [0.29, 0.717) is 15.6 Å². The van der Waals surface area contributed by atoms with E-state index in [4.69, 9.17) is 39.5 Å². The first-order chi connectivity index (χ1) is 8.99. The van der Waals surface area contributed by atoms with Crippen LogP contribution in [0.15, 0.2) is 30.5 Å². The van der Waals surface area contributed by atoms with Crippen LogP contribution in [0.2, 0.25) is 15.1 Å². The van der Waals surface area contributed by atoms with Gasteiger partial charge in [-0.1, -0.05) is 34.8 Å². The molecule has 0 saturated heterocycles. The second-order valence-corrected chi connectivity index (χ2v) is 4.93. The highest BCUT2D eigenvalue weighted by atomic mass is 35.5. The van der Waals surface area contributed by atoms with Crippen molar-refractivity contribution < 1.29 is 9.53 Å². The third-order valence-electron chi connectivity index (χ3n) is 2.33. The number of benzene rings is 1. The molecule has 0 aliphatic rings. The van der Waals surface area contributed by atoms with Gasteiger partial charge in [-0.15, -0.1) is 0 Å². The smallest absolute Gasteiger partial charge is 0.230 e. The standard InChI is InChI=1S/C13H8Cl3NO2/c1-7(18)8-3-2-4-17-13(8)19-12-6-10(15)9(14)5-11(12)16/h2-6H,1H3. The minimum Gasteiger partial charge on any atom is -0.437 e. The van der Waals surface area contributed by atoms with Gasteiger partial charge in [-0.05, 0) is 25.1 Å². The highest BCUT2D eigenvalue weighted by molar-refractivity contribution is 6.43. The number of carbonyl (C=O) groups is 1. The lowest BCUT2D eigenvalue weighted by Gasteiger charge is -2.10. The molecule has 2 rings (SSSR count). The molecule has 0 radical (unpaired) electrons. The average molecular weight is 317 g/mol. The monoisotopic (exact) mass is 315 g/mol. The number of carbonyl (C=O) groups excluding carboxylic acids is 1. The van der Waals surface area contributed by atoms with E-state index >= 15 is 0 Å². The lowest BCUT2D eigenvalue weighted by Crippen LogP contribution is -1.99. The number of hydrogen-bond acceptors (Lipinski definition) is 3. The van der Waals surface area contributed by atoms with Gasteiger partial charge in [0, 0.05) is 12.3 Å². The Morgan fingerprint density at radius 2 is 1.84 bits per heavy atom. The summed E-state index contributed by atoms with van der Waals surface area (Å²) in [5, 5.41) is 0.919. The van der Waals surface area contributed by atoms with Crippen LogP contribution in [-0.2, 0) is 0 Å². The number of halogens is 3. The molecule has 19 heavy (non-hydrogen) atoms. The zero-order valence-electron chi connectivity index (χ0n) is 9.78. The number of rotatable bonds is 3. The summed E-state index contributed by atoms with van der Waals surface area (Å²) in [5.74, 6) is 0.312. The van der Waals surface area contributed by atoms with Crippen molar-refractivity contribution in [2.45, 2.75) is 6.92 Å². The van der Waals surface area contributed by atoms with E-state index < -0.39 is 0 Å². The van der Waals surface area contributed by atoms with Gasteiger partial charge < -0.3 is 4.74 Å². The van der Waals surface area contributed by atoms with Crippen molar-refractivity contribution in [3.05, 3.63) is 51.1 Å². The normalized spacial score (nSPS) is 10.3. The molecular weight excluding hydrogens is 309 g/mol. The summed E-state index contributed by atoms with van der Waals surface area (Å²) in [4.78, 5) is 15.5. The molecule has 3 nitrogen and oxygen atoms in total. The molecule has 0 fully saturated rings. The molecule has 0 bridgehead atoms. The van der Waals surface area contributed by atoms with Crippen LogP contribution in [-0.4, -0.2) is 10.8 Å². The Kier molecular flexibility index (Phi) is 4.30. The maximum atomic E-state index is 11.5. The summed E-state index contributed by atoms with van der Waals surface area (Å²) in [6.45, 7) is 1.43. The number of nitrogens with zero attached hydrogens (tertiary/aromatic N) is 1. The minimum absolute atomic E-state index is 0.153. The molecule has 6 heteroatoms. The molecule has 1 aromatic carbocycles. The average Bonchev–Trinajstić information content (AvgIpc) is 2.36. The van der Waals surface area contributed by atoms with Crippen LogP contribution in [0.3, 0.4) is 0 Å². The zero-order chi connectivity index (χ0) is 14.0. The molecule has 1 heterocycles. The lowest BCUT2D eigenvalue weighted by molar-refractivity contribution is 0.101. The van der Waals surface area contributed by atoms with Gasteiger partial charge in [0.2, 0.25) is 5.88 Å². The molecule has 0 amide bonds. The summed E-state index contributed by atoms with van der Waals surface area (Å²) in [6, 6.07) is 6.22. The van der Waals surface area contributed by atoms with Gasteiger partial charge in [0.25, 0.3) is 0 Å². The van der Waals surface area contributed by atoms with E-state index in [1.54, 1.807) is 12.1 Å². The molecule has 0 aliphatic heterocycles. The van der Waals surface area contributed by atoms with Gasteiger partial charge in [-0.25, -0.2) is 4.98 Å². The van der Waals surface area contributed by atoms with Crippen molar-refractivity contribution in [1.29, 1.82) is 0 Å². The van der Waals surface area contributed by atoms with Gasteiger partial charge in [0.15, 0.2) is 5.78 Å². The fraction of sp³-hybridized carbons (Fsp3) is 0.0769. The van der Waals surface area contributed by atoms with E-state index in [1.165, 1.54) is 25.3 Å². The van der Waals surface area contributed by atoms with Crippen molar-refractivity contribution in [3.8, 4) is 11.6 Å². The summed E-state index contributed by atoms with van der Waals surface area (Å²) in [7, 11) is 0. The quantitative estimate of drug-likeness (QED) is 0.588. The van der Waals surface area contributed by atoms with Crippen molar-refractivity contribution in [2.75, 3.05) is 0 Å². The fourth-order valence-corrected chi connectivity index (χ4v) is 2.00. The van der Waals surface area contributed by atoms with E-state index in [-0.39, 0.29) is 22.4 Å². The Hall–Kier alpha value is -1.29. The molecule has 1 aromatic heterocycles. The second kappa shape index (κ2) is 5.78. The number of ether oxygens (including phenoxy) is 1. The topological polar surface area (TPSA) is 39.2 Å². The van der Waals surface area contributed by atoms with Gasteiger partial charge >= 0.3 is 0 Å². The first-order valence-electron chi connectivity index (χ1n) is 5.27. The fourth-order valence-electron chi connectivity index (χ4n) is 1.43. The molecule has 0 aliphatic carbocycles. The lowest BCUT2D eigenvalue weighted by atomic mass is 10.2. The van der Waals surface area contributed by atoms with E-state index in [2.05, 4.69) is 4.98 Å². The molecule has 0 spiro atoms. The molecular formula is C13H8Cl3NO2. The SMILES string of the molecule is CC(=O)c1cccnc1Oc1cc(Cl)c(Cl)cc1Cl. The number of Topliss-reactive ketones (excluding diaryl/α,β-unsaturated/α-hetero) is 1. The molecule has 0 atom stereocenters. The Balaban J connectivity index is 2.42. The Labute approximate surface area is 125 Å². The van der Waals surface area contributed by atoms with Crippen LogP contribution in [0, 0.1) is 0 Å². The van der Waals surface area contributed by atoms with Crippen LogP contribution < -0.4 is 4.74 Å². The van der Waals surface area contributed by atoms with Crippen molar-refractivity contribution in [2.24, 2.45) is 0 Å². The van der Waals surface area contributed by atoms with Crippen LogP contribution in [0.25, 0.3) is 0 Å². The number of hydrogen-bond donors (Lipinski definition) is 0. The molecule has 98 valence electrons. The van der Waals surface area contributed by atoms with Gasteiger partial charge in [0.05, 0.1) is 20.6 Å². The molecule has 0 unspecified atom stereocenters. The van der Waals surface area contributed by atoms with Crippen LogP contribution in [0.1, 0.15) is 17.3 Å². The molecule has 0 saturated carbocycles. The maximum absolute atomic E-state index is 11.5. The van der Waals surface area contributed by atoms with Gasteiger partial charge in [-0.3, -0.25) is 4.79 Å². The number of ketones is 1. The zero-order valence-corrected chi connectivity index (χ0v) is 12.1.